The second-order valence-corrected chi connectivity index (χ2v) is 4.95. The van der Waals surface area contributed by atoms with E-state index >= 15 is 0 Å². The fraction of sp³-hybridized carbons (Fsp3) is 0.222. The van der Waals surface area contributed by atoms with Crippen LogP contribution in [0.5, 0.6) is 11.5 Å². The SMILES string of the molecule is CCc1ccccc1OCC(=O)NNC(=O)COc1ccccc1. The van der Waals surface area contributed by atoms with Crippen LogP contribution in [0.15, 0.2) is 54.6 Å². The second kappa shape index (κ2) is 9.19. The van der Waals surface area contributed by atoms with Crippen molar-refractivity contribution in [3.05, 3.63) is 60.2 Å². The van der Waals surface area contributed by atoms with Crippen LogP contribution in [0.1, 0.15) is 12.5 Å². The quantitative estimate of drug-likeness (QED) is 0.761. The van der Waals surface area contributed by atoms with Gasteiger partial charge in [0.1, 0.15) is 11.5 Å². The van der Waals surface area contributed by atoms with Crippen LogP contribution in [0.4, 0.5) is 0 Å². The molecule has 0 atom stereocenters. The molecule has 6 heteroatoms. The van der Waals surface area contributed by atoms with Gasteiger partial charge in [-0.1, -0.05) is 43.3 Å². The Hall–Kier alpha value is -3.02. The predicted octanol–water partition coefficient (Wildman–Crippen LogP) is 1.85. The lowest BCUT2D eigenvalue weighted by molar-refractivity contribution is -0.131. The minimum absolute atomic E-state index is 0.184. The van der Waals surface area contributed by atoms with Crippen LogP contribution in [-0.2, 0) is 16.0 Å². The number of amides is 2. The third-order valence-electron chi connectivity index (χ3n) is 3.17. The van der Waals surface area contributed by atoms with Gasteiger partial charge in [-0.05, 0) is 30.2 Å². The minimum atomic E-state index is -0.457. The Labute approximate surface area is 140 Å². The largest absolute Gasteiger partial charge is 0.484 e. The van der Waals surface area contributed by atoms with Crippen LogP contribution in [0.3, 0.4) is 0 Å². The van der Waals surface area contributed by atoms with Gasteiger partial charge in [0.05, 0.1) is 0 Å². The summed E-state index contributed by atoms with van der Waals surface area (Å²) in [6.07, 6.45) is 0.811. The van der Waals surface area contributed by atoms with Crippen LogP contribution in [0.2, 0.25) is 0 Å². The highest BCUT2D eigenvalue weighted by Gasteiger charge is 2.08. The lowest BCUT2D eigenvalue weighted by Crippen LogP contribution is -2.45. The van der Waals surface area contributed by atoms with E-state index in [-0.39, 0.29) is 13.2 Å². The average molecular weight is 328 g/mol. The first-order valence-electron chi connectivity index (χ1n) is 7.65. The number of para-hydroxylation sites is 2. The van der Waals surface area contributed by atoms with E-state index in [9.17, 15) is 9.59 Å². The Morgan fingerprint density at radius 1 is 0.833 bits per heavy atom. The van der Waals surface area contributed by atoms with Gasteiger partial charge in [0.15, 0.2) is 13.2 Å². The van der Waals surface area contributed by atoms with E-state index in [1.54, 1.807) is 30.3 Å². The van der Waals surface area contributed by atoms with Crippen molar-refractivity contribution < 1.29 is 19.1 Å². The van der Waals surface area contributed by atoms with Crippen LogP contribution >= 0.6 is 0 Å². The van der Waals surface area contributed by atoms with Crippen molar-refractivity contribution >= 4 is 11.8 Å². The number of carbonyl (C=O) groups excluding carboxylic acids is 2. The Bertz CT molecular complexity index is 674. The Kier molecular flexibility index (Phi) is 6.64. The van der Waals surface area contributed by atoms with Gasteiger partial charge in [-0.3, -0.25) is 20.4 Å². The number of aryl methyl sites for hydroxylation is 1. The van der Waals surface area contributed by atoms with Gasteiger partial charge in [0, 0.05) is 0 Å². The molecule has 0 bridgehead atoms. The molecule has 2 aromatic rings. The van der Waals surface area contributed by atoms with E-state index in [0.717, 1.165) is 12.0 Å². The summed E-state index contributed by atoms with van der Waals surface area (Å²) < 4.78 is 10.7. The van der Waals surface area contributed by atoms with Gasteiger partial charge in [0.2, 0.25) is 0 Å². The number of hydrogen-bond donors (Lipinski definition) is 2. The summed E-state index contributed by atoms with van der Waals surface area (Å²) in [7, 11) is 0. The molecule has 0 radical (unpaired) electrons. The van der Waals surface area contributed by atoms with Crippen molar-refractivity contribution in [2.75, 3.05) is 13.2 Å². The molecule has 0 heterocycles. The van der Waals surface area contributed by atoms with Crippen molar-refractivity contribution in [2.24, 2.45) is 0 Å². The highest BCUT2D eigenvalue weighted by atomic mass is 16.5. The first kappa shape index (κ1) is 17.3. The minimum Gasteiger partial charge on any atom is -0.484 e. The molecule has 24 heavy (non-hydrogen) atoms. The Morgan fingerprint density at radius 3 is 2.08 bits per heavy atom. The van der Waals surface area contributed by atoms with E-state index in [1.165, 1.54) is 0 Å². The molecule has 2 aromatic carbocycles. The zero-order chi connectivity index (χ0) is 17.2. The molecule has 126 valence electrons. The number of carbonyl (C=O) groups is 2. The monoisotopic (exact) mass is 328 g/mol. The molecule has 0 saturated heterocycles. The number of benzene rings is 2. The Morgan fingerprint density at radius 2 is 1.42 bits per heavy atom. The number of hydrogen-bond acceptors (Lipinski definition) is 4. The van der Waals surface area contributed by atoms with E-state index in [4.69, 9.17) is 9.47 Å². The molecule has 2 N–H and O–H groups in total. The summed E-state index contributed by atoms with van der Waals surface area (Å²) in [5, 5.41) is 0. The first-order valence-corrected chi connectivity index (χ1v) is 7.65. The summed E-state index contributed by atoms with van der Waals surface area (Å²) in [5.41, 5.74) is 5.58. The van der Waals surface area contributed by atoms with Crippen LogP contribution in [0.25, 0.3) is 0 Å². The van der Waals surface area contributed by atoms with E-state index in [0.29, 0.717) is 11.5 Å². The molecule has 0 aliphatic carbocycles. The van der Waals surface area contributed by atoms with Gasteiger partial charge in [-0.25, -0.2) is 0 Å². The molecule has 6 nitrogen and oxygen atoms in total. The van der Waals surface area contributed by atoms with Crippen LogP contribution in [0, 0.1) is 0 Å². The number of hydrazine groups is 1. The first-order chi connectivity index (χ1) is 11.7. The number of ether oxygens (including phenoxy) is 2. The van der Waals surface area contributed by atoms with Gasteiger partial charge < -0.3 is 9.47 Å². The maximum Gasteiger partial charge on any atom is 0.276 e. The molecule has 0 aliphatic rings. The summed E-state index contributed by atoms with van der Waals surface area (Å²) >= 11 is 0. The maximum absolute atomic E-state index is 11.7. The third-order valence-corrected chi connectivity index (χ3v) is 3.17. The van der Waals surface area contributed by atoms with Crippen molar-refractivity contribution in [3.63, 3.8) is 0 Å². The normalized spacial score (nSPS) is 9.88. The molecule has 0 spiro atoms. The highest BCUT2D eigenvalue weighted by molar-refractivity contribution is 5.83. The maximum atomic E-state index is 11.7. The lowest BCUT2D eigenvalue weighted by Gasteiger charge is -2.11. The van der Waals surface area contributed by atoms with Crippen molar-refractivity contribution in [1.82, 2.24) is 10.9 Å². The molecule has 0 saturated carbocycles. The topological polar surface area (TPSA) is 76.7 Å². The van der Waals surface area contributed by atoms with Gasteiger partial charge >= 0.3 is 0 Å². The highest BCUT2D eigenvalue weighted by Crippen LogP contribution is 2.17. The van der Waals surface area contributed by atoms with Crippen molar-refractivity contribution in [3.8, 4) is 11.5 Å². The van der Waals surface area contributed by atoms with Crippen molar-refractivity contribution in [2.45, 2.75) is 13.3 Å². The summed E-state index contributed by atoms with van der Waals surface area (Å²) in [6.45, 7) is 1.63. The molecular formula is C18H20N2O4. The second-order valence-electron chi connectivity index (χ2n) is 4.95. The van der Waals surface area contributed by atoms with Gasteiger partial charge in [0.25, 0.3) is 11.8 Å². The van der Waals surface area contributed by atoms with E-state index in [2.05, 4.69) is 10.9 Å². The smallest absolute Gasteiger partial charge is 0.276 e. The summed E-state index contributed by atoms with van der Waals surface area (Å²) in [6, 6.07) is 16.4. The predicted molar refractivity (Wildman–Crippen MR) is 89.5 cm³/mol. The van der Waals surface area contributed by atoms with E-state index in [1.807, 2.05) is 31.2 Å². The third kappa shape index (κ3) is 5.64. The molecular weight excluding hydrogens is 308 g/mol. The molecule has 0 aromatic heterocycles. The Balaban J connectivity index is 1.68. The molecule has 0 unspecified atom stereocenters. The van der Waals surface area contributed by atoms with Crippen LogP contribution < -0.4 is 20.3 Å². The fourth-order valence-corrected chi connectivity index (χ4v) is 1.96. The zero-order valence-corrected chi connectivity index (χ0v) is 13.5. The van der Waals surface area contributed by atoms with Crippen molar-refractivity contribution in [1.29, 1.82) is 0 Å². The van der Waals surface area contributed by atoms with Crippen LogP contribution in [-0.4, -0.2) is 25.0 Å². The molecule has 0 fully saturated rings. The average Bonchev–Trinajstić information content (AvgIpc) is 2.64. The standard InChI is InChI=1S/C18H20N2O4/c1-2-14-8-6-7-11-16(14)24-13-18(22)20-19-17(21)12-23-15-9-4-3-5-10-15/h3-11H,2,12-13H2,1H3,(H,19,21)(H,20,22). The zero-order valence-electron chi connectivity index (χ0n) is 13.5. The molecule has 2 amide bonds. The lowest BCUT2D eigenvalue weighted by atomic mass is 10.1. The number of nitrogens with one attached hydrogen (secondary N) is 2. The fourth-order valence-electron chi connectivity index (χ4n) is 1.96. The molecule has 2 rings (SSSR count). The number of rotatable bonds is 7. The van der Waals surface area contributed by atoms with Gasteiger partial charge in [-0.2, -0.15) is 0 Å². The van der Waals surface area contributed by atoms with Gasteiger partial charge in [-0.15, -0.1) is 0 Å². The summed E-state index contributed by atoms with van der Waals surface area (Å²) in [5.74, 6) is 0.336. The van der Waals surface area contributed by atoms with E-state index < -0.39 is 11.8 Å². The summed E-state index contributed by atoms with van der Waals surface area (Å²) in [4.78, 5) is 23.3. The molecule has 0 aliphatic heterocycles.